The Bertz CT molecular complexity index is 942. The molecule has 0 N–H and O–H groups in total. The zero-order valence-electron chi connectivity index (χ0n) is 19.5. The van der Waals surface area contributed by atoms with Gasteiger partial charge in [-0.3, -0.25) is 4.90 Å². The maximum absolute atomic E-state index is 13.1. The largest absolute Gasteiger partial charge is 0.494 e. The molecule has 2 saturated heterocycles. The maximum atomic E-state index is 13.1. The zero-order chi connectivity index (χ0) is 22.6. The number of likely N-dealkylation sites (tertiary alicyclic amines) is 1. The van der Waals surface area contributed by atoms with E-state index in [4.69, 9.17) is 14.5 Å². The van der Waals surface area contributed by atoms with Gasteiger partial charge in [-0.25, -0.2) is 9.78 Å². The van der Waals surface area contributed by atoms with Crippen LogP contribution in [0.4, 0.5) is 10.6 Å². The van der Waals surface area contributed by atoms with Crippen molar-refractivity contribution in [3.63, 3.8) is 0 Å². The third kappa shape index (κ3) is 5.18. The normalized spacial score (nSPS) is 21.3. The number of carbonyl (C=O) groups is 1. The number of morpholine rings is 1. The smallest absolute Gasteiger partial charge is 0.325 e. The van der Waals surface area contributed by atoms with Crippen LogP contribution >= 0.6 is 11.3 Å². The van der Waals surface area contributed by atoms with Crippen molar-refractivity contribution in [2.24, 2.45) is 0 Å². The summed E-state index contributed by atoms with van der Waals surface area (Å²) < 4.78 is 11.4. The van der Waals surface area contributed by atoms with Crippen LogP contribution in [0.5, 0.6) is 5.75 Å². The second-order valence-corrected chi connectivity index (χ2v) is 10.2. The van der Waals surface area contributed by atoms with E-state index in [1.165, 1.54) is 24.3 Å². The Morgan fingerprint density at radius 1 is 1.15 bits per heavy atom. The summed E-state index contributed by atoms with van der Waals surface area (Å²) in [7, 11) is 0. The predicted octanol–water partition coefficient (Wildman–Crippen LogP) is 4.27. The average molecular weight is 471 g/mol. The van der Waals surface area contributed by atoms with Crippen LogP contribution in [-0.2, 0) is 11.2 Å². The predicted molar refractivity (Wildman–Crippen MR) is 131 cm³/mol. The molecular weight excluding hydrogens is 436 g/mol. The number of anilines is 1. The van der Waals surface area contributed by atoms with Gasteiger partial charge in [0.25, 0.3) is 0 Å². The second kappa shape index (κ2) is 10.4. The van der Waals surface area contributed by atoms with Gasteiger partial charge in [0.1, 0.15) is 10.8 Å². The minimum absolute atomic E-state index is 0.0585. The van der Waals surface area contributed by atoms with Crippen LogP contribution in [0.1, 0.15) is 37.5 Å². The van der Waals surface area contributed by atoms with Crippen molar-refractivity contribution in [1.82, 2.24) is 14.8 Å². The average Bonchev–Trinajstić information content (AvgIpc) is 3.48. The lowest BCUT2D eigenvalue weighted by Gasteiger charge is -2.33. The molecule has 2 fully saturated rings. The van der Waals surface area contributed by atoms with Gasteiger partial charge >= 0.3 is 6.03 Å². The van der Waals surface area contributed by atoms with Gasteiger partial charge in [-0.05, 0) is 69.8 Å². The van der Waals surface area contributed by atoms with Crippen molar-refractivity contribution < 1.29 is 14.3 Å². The van der Waals surface area contributed by atoms with Crippen LogP contribution in [0.25, 0.3) is 10.6 Å². The minimum Gasteiger partial charge on any atom is -0.494 e. The summed E-state index contributed by atoms with van der Waals surface area (Å²) in [5.41, 5.74) is 1.08. The van der Waals surface area contributed by atoms with E-state index in [0.29, 0.717) is 32.3 Å². The summed E-state index contributed by atoms with van der Waals surface area (Å²) >= 11 is 1.70. The molecule has 1 aromatic carbocycles. The lowest BCUT2D eigenvalue weighted by molar-refractivity contribution is 0.0547. The number of ether oxygens (including phenoxy) is 2. The van der Waals surface area contributed by atoms with Crippen LogP contribution in [-0.4, -0.2) is 79.4 Å². The molecule has 1 atom stereocenters. The highest BCUT2D eigenvalue weighted by molar-refractivity contribution is 7.15. The van der Waals surface area contributed by atoms with Gasteiger partial charge in [-0.1, -0.05) is 0 Å². The molecule has 8 heteroatoms. The molecule has 3 aliphatic heterocycles. The van der Waals surface area contributed by atoms with E-state index in [9.17, 15) is 4.79 Å². The first kappa shape index (κ1) is 22.6. The van der Waals surface area contributed by atoms with Crippen molar-refractivity contribution in [2.75, 3.05) is 57.4 Å². The van der Waals surface area contributed by atoms with E-state index in [2.05, 4.69) is 24.0 Å². The fraction of sp³-hybridized carbons (Fsp3) is 0.600. The second-order valence-electron chi connectivity index (χ2n) is 9.16. The van der Waals surface area contributed by atoms with E-state index in [-0.39, 0.29) is 6.03 Å². The van der Waals surface area contributed by atoms with E-state index in [1.807, 2.05) is 21.9 Å². The quantitative estimate of drug-likeness (QED) is 0.590. The Kier molecular flexibility index (Phi) is 7.13. The van der Waals surface area contributed by atoms with E-state index < -0.39 is 0 Å². The van der Waals surface area contributed by atoms with Crippen LogP contribution in [0, 0.1) is 0 Å². The number of amides is 2. The monoisotopic (exact) mass is 470 g/mol. The minimum atomic E-state index is 0.0585. The van der Waals surface area contributed by atoms with Crippen LogP contribution < -0.4 is 9.64 Å². The number of benzene rings is 1. The number of nitrogens with zero attached hydrogens (tertiary/aromatic N) is 4. The standard InChI is InChI=1S/C25H34N4O3S/c1-19-5-2-11-27(19)12-4-16-32-21-9-7-20(8-10-21)24-26-23-22(33-24)6-3-13-29(23)25(30)28-14-17-31-18-15-28/h7-10,19H,2-6,11-18H2,1H3. The number of urea groups is 1. The van der Waals surface area contributed by atoms with Gasteiger partial charge in [-0.15, -0.1) is 11.3 Å². The van der Waals surface area contributed by atoms with Gasteiger partial charge in [0.2, 0.25) is 0 Å². The summed E-state index contributed by atoms with van der Waals surface area (Å²) in [5.74, 6) is 1.74. The Hall–Kier alpha value is -2.16. The number of aryl methyl sites for hydroxylation is 1. The summed E-state index contributed by atoms with van der Waals surface area (Å²) in [6.07, 6.45) is 5.66. The van der Waals surface area contributed by atoms with Crippen molar-refractivity contribution in [2.45, 2.75) is 45.1 Å². The first-order valence-electron chi connectivity index (χ1n) is 12.3. The number of carbonyl (C=O) groups excluding carboxylic acids is 1. The molecule has 4 heterocycles. The highest BCUT2D eigenvalue weighted by Crippen LogP contribution is 2.37. The van der Waals surface area contributed by atoms with Gasteiger partial charge in [0.05, 0.1) is 19.8 Å². The van der Waals surface area contributed by atoms with Crippen LogP contribution in [0.3, 0.4) is 0 Å². The number of hydrogen-bond donors (Lipinski definition) is 0. The highest BCUT2D eigenvalue weighted by Gasteiger charge is 2.30. The molecule has 7 nitrogen and oxygen atoms in total. The number of aromatic nitrogens is 1. The number of rotatable bonds is 6. The summed E-state index contributed by atoms with van der Waals surface area (Å²) in [5, 5.41) is 0.969. The van der Waals surface area contributed by atoms with Gasteiger partial charge in [0, 0.05) is 42.7 Å². The van der Waals surface area contributed by atoms with Crippen molar-refractivity contribution in [3.05, 3.63) is 29.1 Å². The highest BCUT2D eigenvalue weighted by atomic mass is 32.1. The lowest BCUT2D eigenvalue weighted by Crippen LogP contribution is -2.49. The molecule has 0 bridgehead atoms. The van der Waals surface area contributed by atoms with Crippen LogP contribution in [0.2, 0.25) is 0 Å². The Labute approximate surface area is 200 Å². The van der Waals surface area contributed by atoms with Gasteiger partial charge in [-0.2, -0.15) is 0 Å². The number of thiazole rings is 1. The fourth-order valence-electron chi connectivity index (χ4n) is 4.93. The summed E-state index contributed by atoms with van der Waals surface area (Å²) in [6.45, 7) is 8.66. The number of hydrogen-bond acceptors (Lipinski definition) is 6. The first-order valence-corrected chi connectivity index (χ1v) is 13.1. The lowest BCUT2D eigenvalue weighted by atomic mass is 10.2. The Morgan fingerprint density at radius 2 is 1.97 bits per heavy atom. The molecule has 1 aromatic heterocycles. The molecular formula is C25H34N4O3S. The number of fused-ring (bicyclic) bond motifs is 1. The first-order chi connectivity index (χ1) is 16.2. The molecule has 2 aromatic rings. The Balaban J connectivity index is 1.19. The molecule has 0 saturated carbocycles. The molecule has 1 unspecified atom stereocenters. The molecule has 178 valence electrons. The topological polar surface area (TPSA) is 58.1 Å². The maximum Gasteiger partial charge on any atom is 0.325 e. The SMILES string of the molecule is CC1CCCN1CCCOc1ccc(-c2nc3c(s2)CCCN3C(=O)N2CCOCC2)cc1. The summed E-state index contributed by atoms with van der Waals surface area (Å²) in [4.78, 5) is 25.5. The molecule has 2 amide bonds. The molecule has 5 rings (SSSR count). The summed E-state index contributed by atoms with van der Waals surface area (Å²) in [6, 6.07) is 9.00. The van der Waals surface area contributed by atoms with E-state index in [1.54, 1.807) is 11.3 Å². The Morgan fingerprint density at radius 3 is 2.73 bits per heavy atom. The van der Waals surface area contributed by atoms with E-state index >= 15 is 0 Å². The molecule has 0 aliphatic carbocycles. The van der Waals surface area contributed by atoms with Crippen molar-refractivity contribution in [3.8, 4) is 16.3 Å². The van der Waals surface area contributed by atoms with Crippen molar-refractivity contribution in [1.29, 1.82) is 0 Å². The van der Waals surface area contributed by atoms with E-state index in [0.717, 1.165) is 61.1 Å². The van der Waals surface area contributed by atoms with Crippen molar-refractivity contribution >= 4 is 23.2 Å². The molecule has 3 aliphatic rings. The fourth-order valence-corrected chi connectivity index (χ4v) is 6.05. The van der Waals surface area contributed by atoms with Gasteiger partial charge in [0.15, 0.2) is 5.82 Å². The zero-order valence-corrected chi connectivity index (χ0v) is 20.3. The third-order valence-corrected chi connectivity index (χ3v) is 8.03. The molecule has 0 radical (unpaired) electrons. The van der Waals surface area contributed by atoms with Crippen LogP contribution in [0.15, 0.2) is 24.3 Å². The van der Waals surface area contributed by atoms with Gasteiger partial charge < -0.3 is 19.3 Å². The molecule has 0 spiro atoms. The third-order valence-electron chi connectivity index (χ3n) is 6.88. The molecule has 33 heavy (non-hydrogen) atoms.